The molecule has 7 nitrogen and oxygen atoms in total. The quantitative estimate of drug-likeness (QED) is 0.466. The highest BCUT2D eigenvalue weighted by atomic mass is 16.2. The molecule has 0 saturated heterocycles. The minimum Gasteiger partial charge on any atom is -0.308 e. The standard InChI is InChI=1S/C25H26N6O/c1-4-19-14-21(15-20(5-2)26-19)31(17(3)32)16-18-10-6-7-11-22(18)23-12-8-9-13-24(23)25-27-29-30-28-25/h6-15H,4-5,16H2,1-3H3,(H,27,28,29,30). The topological polar surface area (TPSA) is 87.7 Å². The Morgan fingerprint density at radius 2 is 1.53 bits per heavy atom. The fourth-order valence-electron chi connectivity index (χ4n) is 3.81. The van der Waals surface area contributed by atoms with Gasteiger partial charge in [-0.15, -0.1) is 10.2 Å². The van der Waals surface area contributed by atoms with Crippen LogP contribution in [-0.4, -0.2) is 31.5 Å². The van der Waals surface area contributed by atoms with Crippen molar-refractivity contribution in [2.24, 2.45) is 0 Å². The van der Waals surface area contributed by atoms with Crippen LogP contribution < -0.4 is 4.90 Å². The normalized spacial score (nSPS) is 10.8. The number of tetrazole rings is 1. The number of aromatic nitrogens is 5. The highest BCUT2D eigenvalue weighted by Gasteiger charge is 2.18. The number of H-pyrrole nitrogens is 1. The second-order valence-corrected chi connectivity index (χ2v) is 7.56. The predicted molar refractivity (Wildman–Crippen MR) is 125 cm³/mol. The first-order chi connectivity index (χ1) is 15.6. The predicted octanol–water partition coefficient (Wildman–Crippen LogP) is 4.61. The van der Waals surface area contributed by atoms with E-state index in [0.29, 0.717) is 12.4 Å². The van der Waals surface area contributed by atoms with Crippen LogP contribution in [0, 0.1) is 0 Å². The van der Waals surface area contributed by atoms with Gasteiger partial charge in [0.15, 0.2) is 0 Å². The van der Waals surface area contributed by atoms with E-state index in [1.165, 1.54) is 0 Å². The number of anilines is 1. The third kappa shape index (κ3) is 4.42. The van der Waals surface area contributed by atoms with Crippen molar-refractivity contribution in [3.63, 3.8) is 0 Å². The zero-order valence-corrected chi connectivity index (χ0v) is 18.5. The number of aryl methyl sites for hydroxylation is 2. The van der Waals surface area contributed by atoms with Crippen LogP contribution in [0.3, 0.4) is 0 Å². The molecule has 4 rings (SSSR count). The van der Waals surface area contributed by atoms with Crippen LogP contribution >= 0.6 is 0 Å². The van der Waals surface area contributed by atoms with Gasteiger partial charge in [0.05, 0.1) is 6.54 Å². The lowest BCUT2D eigenvalue weighted by Crippen LogP contribution is -2.28. The highest BCUT2D eigenvalue weighted by Crippen LogP contribution is 2.33. The lowest BCUT2D eigenvalue weighted by molar-refractivity contribution is -0.116. The Morgan fingerprint density at radius 1 is 0.906 bits per heavy atom. The number of hydrogen-bond acceptors (Lipinski definition) is 5. The molecule has 0 spiro atoms. The minimum absolute atomic E-state index is 0.0124. The van der Waals surface area contributed by atoms with Crippen LogP contribution in [0.25, 0.3) is 22.5 Å². The van der Waals surface area contributed by atoms with Crippen molar-refractivity contribution < 1.29 is 4.79 Å². The lowest BCUT2D eigenvalue weighted by atomic mass is 9.94. The third-order valence-corrected chi connectivity index (χ3v) is 5.48. The summed E-state index contributed by atoms with van der Waals surface area (Å²) in [5, 5.41) is 14.5. The number of nitrogens with zero attached hydrogens (tertiary/aromatic N) is 5. The van der Waals surface area contributed by atoms with Crippen molar-refractivity contribution in [2.75, 3.05) is 4.90 Å². The average molecular weight is 427 g/mol. The second kappa shape index (κ2) is 9.51. The van der Waals surface area contributed by atoms with Crippen LogP contribution in [0.5, 0.6) is 0 Å². The maximum atomic E-state index is 12.7. The van der Waals surface area contributed by atoms with Crippen molar-refractivity contribution in [1.29, 1.82) is 0 Å². The zero-order chi connectivity index (χ0) is 22.5. The minimum atomic E-state index is -0.0124. The number of nitrogens with one attached hydrogen (secondary N) is 1. The van der Waals surface area contributed by atoms with E-state index in [0.717, 1.165) is 52.2 Å². The number of pyridine rings is 1. The summed E-state index contributed by atoms with van der Waals surface area (Å²) in [6.45, 7) is 6.21. The number of carbonyl (C=O) groups excluding carboxylic acids is 1. The van der Waals surface area contributed by atoms with E-state index < -0.39 is 0 Å². The molecule has 0 unspecified atom stereocenters. The summed E-state index contributed by atoms with van der Waals surface area (Å²) in [4.78, 5) is 19.2. The van der Waals surface area contributed by atoms with Crippen molar-refractivity contribution in [3.05, 3.63) is 77.6 Å². The van der Waals surface area contributed by atoms with Gasteiger partial charge in [0.1, 0.15) is 0 Å². The van der Waals surface area contributed by atoms with Gasteiger partial charge in [-0.3, -0.25) is 9.78 Å². The number of amides is 1. The Balaban J connectivity index is 1.78. The first kappa shape index (κ1) is 21.4. The van der Waals surface area contributed by atoms with Crippen molar-refractivity contribution in [3.8, 4) is 22.5 Å². The third-order valence-electron chi connectivity index (χ3n) is 5.48. The van der Waals surface area contributed by atoms with E-state index in [9.17, 15) is 4.79 Å². The van der Waals surface area contributed by atoms with Gasteiger partial charge in [0.2, 0.25) is 11.7 Å². The summed E-state index contributed by atoms with van der Waals surface area (Å²) in [7, 11) is 0. The lowest BCUT2D eigenvalue weighted by Gasteiger charge is -2.24. The van der Waals surface area contributed by atoms with E-state index in [-0.39, 0.29) is 5.91 Å². The number of rotatable bonds is 7. The maximum Gasteiger partial charge on any atom is 0.224 e. The first-order valence-electron chi connectivity index (χ1n) is 10.8. The Labute approximate surface area is 187 Å². The van der Waals surface area contributed by atoms with E-state index in [1.54, 1.807) is 6.92 Å². The molecule has 162 valence electrons. The molecule has 0 radical (unpaired) electrons. The van der Waals surface area contributed by atoms with Gasteiger partial charge in [-0.1, -0.05) is 62.4 Å². The SMILES string of the molecule is CCc1cc(N(Cc2ccccc2-c2ccccc2-c2nn[nH]n2)C(C)=O)cc(CC)n1. The van der Waals surface area contributed by atoms with Crippen LogP contribution in [0.2, 0.25) is 0 Å². The molecule has 1 amide bonds. The largest absolute Gasteiger partial charge is 0.308 e. The van der Waals surface area contributed by atoms with Gasteiger partial charge in [-0.05, 0) is 46.9 Å². The molecule has 0 aliphatic rings. The fourth-order valence-corrected chi connectivity index (χ4v) is 3.81. The Hall–Kier alpha value is -3.87. The summed E-state index contributed by atoms with van der Waals surface area (Å²) in [6.07, 6.45) is 1.64. The molecule has 0 saturated carbocycles. The molecule has 0 bridgehead atoms. The van der Waals surface area contributed by atoms with E-state index >= 15 is 0 Å². The molecule has 2 heterocycles. The van der Waals surface area contributed by atoms with Crippen LogP contribution in [0.1, 0.15) is 37.7 Å². The molecule has 32 heavy (non-hydrogen) atoms. The molecular weight excluding hydrogens is 400 g/mol. The zero-order valence-electron chi connectivity index (χ0n) is 18.5. The Kier molecular flexibility index (Phi) is 6.35. The molecule has 2 aromatic carbocycles. The van der Waals surface area contributed by atoms with E-state index in [4.69, 9.17) is 0 Å². The molecule has 0 atom stereocenters. The molecule has 0 aliphatic heterocycles. The summed E-state index contributed by atoms with van der Waals surface area (Å²) in [5.74, 6) is 0.523. The molecule has 4 aromatic rings. The molecule has 2 aromatic heterocycles. The van der Waals surface area contributed by atoms with Crippen molar-refractivity contribution in [1.82, 2.24) is 25.6 Å². The molecule has 0 fully saturated rings. The monoisotopic (exact) mass is 426 g/mol. The van der Waals surface area contributed by atoms with E-state index in [1.807, 2.05) is 53.4 Å². The van der Waals surface area contributed by atoms with Gasteiger partial charge in [0.25, 0.3) is 0 Å². The van der Waals surface area contributed by atoms with Crippen LogP contribution in [0.15, 0.2) is 60.7 Å². The van der Waals surface area contributed by atoms with Gasteiger partial charge in [-0.25, -0.2) is 0 Å². The molecule has 0 aliphatic carbocycles. The average Bonchev–Trinajstić information content (AvgIpc) is 3.37. The highest BCUT2D eigenvalue weighted by molar-refractivity contribution is 5.92. The number of carbonyl (C=O) groups is 1. The van der Waals surface area contributed by atoms with Gasteiger partial charge in [-0.2, -0.15) is 5.21 Å². The fraction of sp³-hybridized carbons (Fsp3) is 0.240. The number of hydrogen-bond donors (Lipinski definition) is 1. The number of benzene rings is 2. The summed E-state index contributed by atoms with van der Waals surface area (Å²) in [6, 6.07) is 20.1. The van der Waals surface area contributed by atoms with Crippen molar-refractivity contribution >= 4 is 11.6 Å². The molecule has 1 N–H and O–H groups in total. The number of aromatic amines is 1. The van der Waals surface area contributed by atoms with Crippen LogP contribution in [-0.2, 0) is 24.2 Å². The van der Waals surface area contributed by atoms with E-state index in [2.05, 4.69) is 51.6 Å². The Morgan fingerprint density at radius 3 is 2.12 bits per heavy atom. The smallest absolute Gasteiger partial charge is 0.224 e. The second-order valence-electron chi connectivity index (χ2n) is 7.56. The Bertz CT molecular complexity index is 1200. The maximum absolute atomic E-state index is 12.7. The van der Waals surface area contributed by atoms with Crippen molar-refractivity contribution in [2.45, 2.75) is 40.2 Å². The van der Waals surface area contributed by atoms with Crippen LogP contribution in [0.4, 0.5) is 5.69 Å². The molecule has 7 heteroatoms. The summed E-state index contributed by atoms with van der Waals surface area (Å²) >= 11 is 0. The van der Waals surface area contributed by atoms with Gasteiger partial charge in [0, 0.05) is 29.6 Å². The summed E-state index contributed by atoms with van der Waals surface area (Å²) < 4.78 is 0. The van der Waals surface area contributed by atoms with Gasteiger partial charge < -0.3 is 4.90 Å². The van der Waals surface area contributed by atoms with Gasteiger partial charge >= 0.3 is 0 Å². The first-order valence-corrected chi connectivity index (χ1v) is 10.8. The molecular formula is C25H26N6O. The summed E-state index contributed by atoms with van der Waals surface area (Å²) in [5.41, 5.74) is 6.79.